The third-order valence-corrected chi connectivity index (χ3v) is 14.4. The van der Waals surface area contributed by atoms with Crippen molar-refractivity contribution in [3.63, 3.8) is 0 Å². The quantitative estimate of drug-likeness (QED) is 0.123. The van der Waals surface area contributed by atoms with E-state index in [1.54, 1.807) is 13.8 Å². The van der Waals surface area contributed by atoms with Crippen molar-refractivity contribution in [2.45, 2.75) is 187 Å². The van der Waals surface area contributed by atoms with Gasteiger partial charge in [0.05, 0.1) is 119 Å². The molecule has 60 heavy (non-hydrogen) atoms. The number of ether oxygens (including phenoxy) is 10. The van der Waals surface area contributed by atoms with E-state index in [0.29, 0.717) is 91.4 Å². The standard InChI is InChI=1S/C47H84O13/c1-33(2)54-32-43(10)18-16-39(22-56-43)20-52-31-45(12)24-47(14,60-37(6)35(4)50)41(8,28-58-45)26-53-29-42(9)17-15-38(21-55-42)19-51-30-44(11)23-46(13,59-36(5)34(3)49)40(7,25-48)27-57-44/h33,36-39,48H,15-32H2,1-14H3. The second-order valence-corrected chi connectivity index (χ2v) is 21.5. The van der Waals surface area contributed by atoms with Crippen molar-refractivity contribution in [2.75, 3.05) is 79.3 Å². The molecule has 0 bridgehead atoms. The smallest absolute Gasteiger partial charge is 0.158 e. The summed E-state index contributed by atoms with van der Waals surface area (Å²) >= 11 is 0. The van der Waals surface area contributed by atoms with Gasteiger partial charge in [0.1, 0.15) is 12.2 Å². The van der Waals surface area contributed by atoms with Gasteiger partial charge in [-0.25, -0.2) is 0 Å². The van der Waals surface area contributed by atoms with Crippen LogP contribution in [0.25, 0.3) is 0 Å². The van der Waals surface area contributed by atoms with Crippen molar-refractivity contribution in [1.29, 1.82) is 0 Å². The topological polar surface area (TPSA) is 147 Å². The molecule has 4 fully saturated rings. The number of aliphatic hydroxyl groups is 1. The van der Waals surface area contributed by atoms with Crippen LogP contribution in [0, 0.1) is 22.7 Å². The molecule has 13 nitrogen and oxygen atoms in total. The first-order chi connectivity index (χ1) is 27.7. The summed E-state index contributed by atoms with van der Waals surface area (Å²) < 4.78 is 63.6. The van der Waals surface area contributed by atoms with Gasteiger partial charge >= 0.3 is 0 Å². The predicted octanol–water partition coefficient (Wildman–Crippen LogP) is 6.70. The zero-order valence-corrected chi connectivity index (χ0v) is 40.0. The monoisotopic (exact) mass is 857 g/mol. The van der Waals surface area contributed by atoms with Crippen LogP contribution in [0.5, 0.6) is 0 Å². The third kappa shape index (κ3) is 13.2. The van der Waals surface area contributed by atoms with E-state index in [1.165, 1.54) is 6.92 Å². The second kappa shape index (κ2) is 20.4. The Balaban J connectivity index is 1.25. The molecule has 350 valence electrons. The molecule has 0 amide bonds. The lowest BCUT2D eigenvalue weighted by molar-refractivity contribution is -0.272. The molecule has 4 rings (SSSR count). The van der Waals surface area contributed by atoms with Crippen LogP contribution in [0.4, 0.5) is 0 Å². The normalized spacial score (nSPS) is 41.3. The maximum absolute atomic E-state index is 12.5. The molecule has 4 aliphatic rings. The minimum Gasteiger partial charge on any atom is -0.396 e. The van der Waals surface area contributed by atoms with Gasteiger partial charge in [0.15, 0.2) is 11.6 Å². The summed E-state index contributed by atoms with van der Waals surface area (Å²) in [4.78, 5) is 24.5. The number of hydrogen-bond donors (Lipinski definition) is 1. The Morgan fingerprint density at radius 1 is 0.583 bits per heavy atom. The van der Waals surface area contributed by atoms with Crippen molar-refractivity contribution >= 4 is 11.6 Å². The molecule has 4 aliphatic heterocycles. The van der Waals surface area contributed by atoms with Crippen LogP contribution >= 0.6 is 0 Å². The number of carbonyl (C=O) groups excluding carboxylic acids is 2. The number of ketones is 2. The van der Waals surface area contributed by atoms with Crippen molar-refractivity contribution in [3.8, 4) is 0 Å². The first-order valence-corrected chi connectivity index (χ1v) is 22.6. The highest BCUT2D eigenvalue weighted by Crippen LogP contribution is 2.49. The van der Waals surface area contributed by atoms with Gasteiger partial charge in [-0.2, -0.15) is 0 Å². The average Bonchev–Trinajstić information content (AvgIpc) is 3.16. The van der Waals surface area contributed by atoms with E-state index in [-0.39, 0.29) is 35.8 Å². The van der Waals surface area contributed by atoms with Crippen molar-refractivity contribution in [2.24, 2.45) is 22.7 Å². The Morgan fingerprint density at radius 3 is 1.40 bits per heavy atom. The van der Waals surface area contributed by atoms with Crippen molar-refractivity contribution < 1.29 is 62.1 Å². The van der Waals surface area contributed by atoms with Gasteiger partial charge < -0.3 is 52.5 Å². The largest absolute Gasteiger partial charge is 0.396 e. The Bertz CT molecular complexity index is 1390. The van der Waals surface area contributed by atoms with Crippen molar-refractivity contribution in [3.05, 3.63) is 0 Å². The lowest BCUT2D eigenvalue weighted by Crippen LogP contribution is -2.63. The van der Waals surface area contributed by atoms with Gasteiger partial charge in [0.2, 0.25) is 0 Å². The fraction of sp³-hybridized carbons (Fsp3) is 0.957. The van der Waals surface area contributed by atoms with Crippen LogP contribution in [0.1, 0.15) is 135 Å². The van der Waals surface area contributed by atoms with Crippen LogP contribution in [0.3, 0.4) is 0 Å². The molecule has 0 radical (unpaired) electrons. The van der Waals surface area contributed by atoms with E-state index in [0.717, 1.165) is 25.7 Å². The van der Waals surface area contributed by atoms with Crippen LogP contribution in [-0.2, 0) is 57.0 Å². The van der Waals surface area contributed by atoms with Gasteiger partial charge in [-0.1, -0.05) is 13.8 Å². The first-order valence-electron chi connectivity index (χ1n) is 22.6. The minimum atomic E-state index is -0.777. The lowest BCUT2D eigenvalue weighted by atomic mass is 9.67. The van der Waals surface area contributed by atoms with Crippen LogP contribution in [0.2, 0.25) is 0 Å². The number of hydrogen-bond acceptors (Lipinski definition) is 13. The molecular formula is C47H84O13. The molecule has 0 aromatic carbocycles. The van der Waals surface area contributed by atoms with E-state index in [4.69, 9.17) is 47.4 Å². The molecule has 0 aliphatic carbocycles. The molecule has 12 unspecified atom stereocenters. The second-order valence-electron chi connectivity index (χ2n) is 21.5. The lowest BCUT2D eigenvalue weighted by Gasteiger charge is -2.55. The summed E-state index contributed by atoms with van der Waals surface area (Å²) in [5.41, 5.74) is -4.69. The Labute approximate surface area is 362 Å². The summed E-state index contributed by atoms with van der Waals surface area (Å²) in [6, 6.07) is 0. The summed E-state index contributed by atoms with van der Waals surface area (Å²) in [5.74, 6) is 0.450. The highest BCUT2D eigenvalue weighted by atomic mass is 16.6. The SMILES string of the molecule is CC(=O)C(C)OC1(C)CC(C)(COCC2CCC(C)(COCC3(C)COC(C)(COCC4CCC(C)(COC(C)C)OC4)CC3(C)OC(C)C(C)=O)OC2)OCC1(C)CO. The van der Waals surface area contributed by atoms with E-state index in [1.807, 2.05) is 41.5 Å². The summed E-state index contributed by atoms with van der Waals surface area (Å²) in [6.45, 7) is 32.2. The van der Waals surface area contributed by atoms with Gasteiger partial charge in [0, 0.05) is 35.5 Å². The molecule has 0 saturated carbocycles. The van der Waals surface area contributed by atoms with E-state index >= 15 is 0 Å². The van der Waals surface area contributed by atoms with Gasteiger partial charge in [-0.05, 0) is 109 Å². The average molecular weight is 857 g/mol. The molecule has 0 aromatic rings. The molecule has 12 atom stereocenters. The molecule has 13 heteroatoms. The third-order valence-electron chi connectivity index (χ3n) is 14.4. The number of rotatable bonds is 22. The Kier molecular flexibility index (Phi) is 17.5. The van der Waals surface area contributed by atoms with E-state index in [9.17, 15) is 14.7 Å². The molecule has 0 spiro atoms. The fourth-order valence-corrected chi connectivity index (χ4v) is 9.01. The fourth-order valence-electron chi connectivity index (χ4n) is 9.01. The maximum atomic E-state index is 12.5. The number of carbonyl (C=O) groups is 2. The first kappa shape index (κ1) is 51.5. The van der Waals surface area contributed by atoms with Crippen LogP contribution in [-0.4, -0.2) is 148 Å². The van der Waals surface area contributed by atoms with Gasteiger partial charge in [-0.15, -0.1) is 0 Å². The highest BCUT2D eigenvalue weighted by molar-refractivity contribution is 5.80. The van der Waals surface area contributed by atoms with Crippen molar-refractivity contribution in [1.82, 2.24) is 0 Å². The minimum absolute atomic E-state index is 0.0227. The number of aliphatic hydroxyl groups excluding tert-OH is 1. The zero-order valence-electron chi connectivity index (χ0n) is 40.0. The Hall–Kier alpha value is -1.10. The zero-order chi connectivity index (χ0) is 44.8. The predicted molar refractivity (Wildman–Crippen MR) is 228 cm³/mol. The highest BCUT2D eigenvalue weighted by Gasteiger charge is 2.57. The summed E-state index contributed by atoms with van der Waals surface area (Å²) in [5, 5.41) is 10.3. The van der Waals surface area contributed by atoms with Gasteiger partial charge in [0.25, 0.3) is 0 Å². The van der Waals surface area contributed by atoms with E-state index < -0.39 is 51.0 Å². The Morgan fingerprint density at radius 2 is 1.00 bits per heavy atom. The molecule has 4 heterocycles. The van der Waals surface area contributed by atoms with Gasteiger partial charge in [-0.3, -0.25) is 9.59 Å². The maximum Gasteiger partial charge on any atom is 0.158 e. The molecule has 0 aromatic heterocycles. The molecule has 1 N–H and O–H groups in total. The molecular weight excluding hydrogens is 773 g/mol. The number of Topliss-reactive ketones (excluding diaryl/α,β-unsaturated/α-hetero) is 2. The molecule has 4 saturated heterocycles. The van der Waals surface area contributed by atoms with Crippen LogP contribution < -0.4 is 0 Å². The van der Waals surface area contributed by atoms with Crippen LogP contribution in [0.15, 0.2) is 0 Å². The summed E-state index contributed by atoms with van der Waals surface area (Å²) in [7, 11) is 0. The summed E-state index contributed by atoms with van der Waals surface area (Å²) in [6.07, 6.45) is 3.70. The van der Waals surface area contributed by atoms with E-state index in [2.05, 4.69) is 34.6 Å².